The van der Waals surface area contributed by atoms with Gasteiger partial charge in [-0.3, -0.25) is 4.79 Å². The molecule has 0 atom stereocenters. The van der Waals surface area contributed by atoms with Crippen molar-refractivity contribution in [3.8, 4) is 0 Å². The summed E-state index contributed by atoms with van der Waals surface area (Å²) < 4.78 is 0. The topological polar surface area (TPSA) is 46.3 Å². The molecular formula is C13H18N2OS. The van der Waals surface area contributed by atoms with Crippen LogP contribution in [0.25, 0.3) is 0 Å². The molecule has 0 radical (unpaired) electrons. The number of thiocarbonyl (C=S) groups is 1. The maximum Gasteiger partial charge on any atom is 0.254 e. The van der Waals surface area contributed by atoms with E-state index in [1.807, 2.05) is 45.0 Å². The van der Waals surface area contributed by atoms with E-state index in [4.69, 9.17) is 18.0 Å². The van der Waals surface area contributed by atoms with E-state index >= 15 is 0 Å². The van der Waals surface area contributed by atoms with Crippen LogP contribution in [0.1, 0.15) is 29.8 Å². The number of benzene rings is 1. The highest BCUT2D eigenvalue weighted by molar-refractivity contribution is 7.80. The molecule has 17 heavy (non-hydrogen) atoms. The number of amides is 1. The van der Waals surface area contributed by atoms with E-state index in [-0.39, 0.29) is 11.9 Å². The van der Waals surface area contributed by atoms with Crippen LogP contribution in [0.3, 0.4) is 0 Å². The predicted molar refractivity (Wildman–Crippen MR) is 74.1 cm³/mol. The monoisotopic (exact) mass is 250 g/mol. The van der Waals surface area contributed by atoms with Gasteiger partial charge in [0, 0.05) is 11.6 Å². The summed E-state index contributed by atoms with van der Waals surface area (Å²) in [6, 6.07) is 7.59. The van der Waals surface area contributed by atoms with Crippen LogP contribution in [0.2, 0.25) is 0 Å². The molecule has 0 unspecified atom stereocenters. The molecule has 1 aromatic carbocycles. The van der Waals surface area contributed by atoms with Crippen LogP contribution >= 0.6 is 12.2 Å². The van der Waals surface area contributed by atoms with Crippen molar-refractivity contribution in [2.45, 2.75) is 26.8 Å². The number of rotatable bonds is 4. The van der Waals surface area contributed by atoms with Crippen molar-refractivity contribution in [1.29, 1.82) is 0 Å². The van der Waals surface area contributed by atoms with Gasteiger partial charge >= 0.3 is 0 Å². The van der Waals surface area contributed by atoms with E-state index in [9.17, 15) is 4.79 Å². The summed E-state index contributed by atoms with van der Waals surface area (Å²) in [5, 5.41) is 0. The predicted octanol–water partition coefficient (Wildman–Crippen LogP) is 2.13. The first-order valence-corrected chi connectivity index (χ1v) is 5.98. The number of hydrogen-bond donors (Lipinski definition) is 1. The van der Waals surface area contributed by atoms with Crippen molar-refractivity contribution >= 4 is 23.1 Å². The third kappa shape index (κ3) is 3.82. The standard InChI is InChI=1S/C13H18N2OS/c1-9(2)15(8-12(14)17)13(16)11-6-4-5-10(3)7-11/h4-7,9H,8H2,1-3H3,(H2,14,17). The number of carbonyl (C=O) groups is 1. The number of carbonyl (C=O) groups excluding carboxylic acids is 1. The summed E-state index contributed by atoms with van der Waals surface area (Å²) in [5.41, 5.74) is 7.26. The average Bonchev–Trinajstić information content (AvgIpc) is 2.24. The molecule has 92 valence electrons. The van der Waals surface area contributed by atoms with Crippen molar-refractivity contribution in [1.82, 2.24) is 4.90 Å². The molecule has 0 bridgehead atoms. The Morgan fingerprint density at radius 3 is 2.59 bits per heavy atom. The van der Waals surface area contributed by atoms with Crippen LogP contribution in [0.5, 0.6) is 0 Å². The quantitative estimate of drug-likeness (QED) is 0.833. The van der Waals surface area contributed by atoms with Crippen LogP contribution in [0, 0.1) is 6.92 Å². The highest BCUT2D eigenvalue weighted by Crippen LogP contribution is 2.10. The highest BCUT2D eigenvalue weighted by atomic mass is 32.1. The van der Waals surface area contributed by atoms with Crippen molar-refractivity contribution in [3.63, 3.8) is 0 Å². The van der Waals surface area contributed by atoms with Gasteiger partial charge < -0.3 is 10.6 Å². The molecule has 0 heterocycles. The van der Waals surface area contributed by atoms with Crippen LogP contribution in [0.4, 0.5) is 0 Å². The van der Waals surface area contributed by atoms with Crippen molar-refractivity contribution in [3.05, 3.63) is 35.4 Å². The molecular weight excluding hydrogens is 232 g/mol. The lowest BCUT2D eigenvalue weighted by atomic mass is 10.1. The van der Waals surface area contributed by atoms with Gasteiger partial charge in [-0.2, -0.15) is 0 Å². The minimum Gasteiger partial charge on any atom is -0.392 e. The Kier molecular flexibility index (Phi) is 4.63. The van der Waals surface area contributed by atoms with E-state index in [1.54, 1.807) is 4.90 Å². The van der Waals surface area contributed by atoms with E-state index in [2.05, 4.69) is 0 Å². The summed E-state index contributed by atoms with van der Waals surface area (Å²) in [5.74, 6) is -0.0310. The van der Waals surface area contributed by atoms with Gasteiger partial charge in [-0.15, -0.1) is 0 Å². The Bertz CT molecular complexity index is 429. The number of aryl methyl sites for hydroxylation is 1. The highest BCUT2D eigenvalue weighted by Gasteiger charge is 2.19. The minimum atomic E-state index is -0.0310. The van der Waals surface area contributed by atoms with E-state index in [0.29, 0.717) is 17.1 Å². The van der Waals surface area contributed by atoms with Crippen LogP contribution < -0.4 is 5.73 Å². The average molecular weight is 250 g/mol. The summed E-state index contributed by atoms with van der Waals surface area (Å²) in [4.78, 5) is 14.3. The van der Waals surface area contributed by atoms with Gasteiger partial charge in [0.1, 0.15) is 0 Å². The summed E-state index contributed by atoms with van der Waals surface area (Å²) >= 11 is 4.87. The second-order valence-electron chi connectivity index (χ2n) is 4.36. The van der Waals surface area contributed by atoms with Gasteiger partial charge in [0.2, 0.25) is 0 Å². The van der Waals surface area contributed by atoms with Gasteiger partial charge in [0.15, 0.2) is 0 Å². The number of nitrogens with two attached hydrogens (primary N) is 1. The molecule has 1 rings (SSSR count). The largest absolute Gasteiger partial charge is 0.392 e. The smallest absolute Gasteiger partial charge is 0.254 e. The third-order valence-corrected chi connectivity index (χ3v) is 2.60. The third-order valence-electron chi connectivity index (χ3n) is 2.48. The van der Waals surface area contributed by atoms with Crippen molar-refractivity contribution in [2.24, 2.45) is 5.73 Å². The molecule has 0 aliphatic carbocycles. The van der Waals surface area contributed by atoms with E-state index < -0.39 is 0 Å². The molecule has 0 aromatic heterocycles. The molecule has 0 saturated carbocycles. The van der Waals surface area contributed by atoms with Crippen molar-refractivity contribution in [2.75, 3.05) is 6.54 Å². The molecule has 0 fully saturated rings. The molecule has 0 saturated heterocycles. The molecule has 2 N–H and O–H groups in total. The molecule has 0 aliphatic rings. The van der Waals surface area contributed by atoms with Crippen LogP contribution in [-0.2, 0) is 0 Å². The Balaban J connectivity index is 2.95. The normalized spacial score (nSPS) is 10.4. The van der Waals surface area contributed by atoms with Gasteiger partial charge in [0.25, 0.3) is 5.91 Å². The molecule has 0 spiro atoms. The van der Waals surface area contributed by atoms with Crippen LogP contribution in [0.15, 0.2) is 24.3 Å². The first-order valence-electron chi connectivity index (χ1n) is 5.57. The second kappa shape index (κ2) is 5.77. The Morgan fingerprint density at radius 2 is 2.12 bits per heavy atom. The van der Waals surface area contributed by atoms with Gasteiger partial charge in [-0.1, -0.05) is 29.9 Å². The maximum atomic E-state index is 12.3. The van der Waals surface area contributed by atoms with E-state index in [0.717, 1.165) is 5.56 Å². The number of hydrogen-bond acceptors (Lipinski definition) is 2. The first kappa shape index (κ1) is 13.6. The first-order chi connectivity index (χ1) is 7.91. The van der Waals surface area contributed by atoms with Gasteiger partial charge in [-0.05, 0) is 32.9 Å². The van der Waals surface area contributed by atoms with E-state index in [1.165, 1.54) is 0 Å². The Morgan fingerprint density at radius 1 is 1.47 bits per heavy atom. The molecule has 0 aliphatic heterocycles. The zero-order valence-electron chi connectivity index (χ0n) is 10.4. The Labute approximate surface area is 108 Å². The fourth-order valence-corrected chi connectivity index (χ4v) is 1.74. The fourth-order valence-electron chi connectivity index (χ4n) is 1.60. The van der Waals surface area contributed by atoms with Crippen molar-refractivity contribution < 1.29 is 4.79 Å². The molecule has 1 amide bonds. The molecule has 3 nitrogen and oxygen atoms in total. The second-order valence-corrected chi connectivity index (χ2v) is 4.89. The summed E-state index contributed by atoms with van der Waals surface area (Å²) in [7, 11) is 0. The zero-order valence-corrected chi connectivity index (χ0v) is 11.3. The lowest BCUT2D eigenvalue weighted by Gasteiger charge is -2.26. The molecule has 1 aromatic rings. The van der Waals surface area contributed by atoms with Gasteiger partial charge in [0.05, 0.1) is 11.5 Å². The lowest BCUT2D eigenvalue weighted by molar-refractivity contribution is 0.0736. The van der Waals surface area contributed by atoms with Crippen LogP contribution in [-0.4, -0.2) is 28.4 Å². The zero-order chi connectivity index (χ0) is 13.0. The minimum absolute atomic E-state index is 0.0310. The fraction of sp³-hybridized carbons (Fsp3) is 0.385. The number of nitrogens with zero attached hydrogens (tertiary/aromatic N) is 1. The summed E-state index contributed by atoms with van der Waals surface area (Å²) in [6.45, 7) is 6.18. The SMILES string of the molecule is Cc1cccc(C(=O)N(CC(N)=S)C(C)C)c1. The lowest BCUT2D eigenvalue weighted by Crippen LogP contribution is -2.42. The molecule has 4 heteroatoms. The van der Waals surface area contributed by atoms with Gasteiger partial charge in [-0.25, -0.2) is 0 Å². The Hall–Kier alpha value is -1.42. The maximum absolute atomic E-state index is 12.3. The summed E-state index contributed by atoms with van der Waals surface area (Å²) in [6.07, 6.45) is 0.